The van der Waals surface area contributed by atoms with Crippen molar-refractivity contribution in [3.8, 4) is 22.2 Å². The summed E-state index contributed by atoms with van der Waals surface area (Å²) in [6, 6.07) is 11.4. The SMILES string of the molecule is Cn1c(SCc2nnc(-c3ccccc3Cl)o2)nnc1-c1cccs1. The molecule has 0 aliphatic heterocycles. The third-order valence-corrected chi connectivity index (χ3v) is 5.67. The quantitative estimate of drug-likeness (QED) is 0.467. The van der Waals surface area contributed by atoms with Gasteiger partial charge < -0.3 is 8.98 Å². The van der Waals surface area contributed by atoms with E-state index in [4.69, 9.17) is 16.0 Å². The molecule has 25 heavy (non-hydrogen) atoms. The highest BCUT2D eigenvalue weighted by Crippen LogP contribution is 2.29. The summed E-state index contributed by atoms with van der Waals surface area (Å²) in [6.45, 7) is 0. The number of thioether (sulfide) groups is 1. The van der Waals surface area contributed by atoms with Crippen LogP contribution in [0.25, 0.3) is 22.2 Å². The first-order chi connectivity index (χ1) is 12.2. The van der Waals surface area contributed by atoms with Crippen LogP contribution in [0.3, 0.4) is 0 Å². The Kier molecular flexibility index (Phi) is 4.56. The van der Waals surface area contributed by atoms with Crippen molar-refractivity contribution in [3.63, 3.8) is 0 Å². The number of hydrogen-bond acceptors (Lipinski definition) is 7. The molecule has 0 aliphatic carbocycles. The van der Waals surface area contributed by atoms with E-state index in [1.807, 2.05) is 47.3 Å². The molecule has 3 heterocycles. The Bertz CT molecular complexity index is 996. The normalized spacial score (nSPS) is 11.1. The molecule has 1 aromatic carbocycles. The van der Waals surface area contributed by atoms with Gasteiger partial charge in [0, 0.05) is 7.05 Å². The molecule has 4 aromatic rings. The average molecular weight is 390 g/mol. The van der Waals surface area contributed by atoms with Gasteiger partial charge in [0.15, 0.2) is 11.0 Å². The van der Waals surface area contributed by atoms with Gasteiger partial charge in [0.25, 0.3) is 0 Å². The molecule has 0 bridgehead atoms. The summed E-state index contributed by atoms with van der Waals surface area (Å²) in [7, 11) is 1.94. The van der Waals surface area contributed by atoms with Crippen LogP contribution in [0.15, 0.2) is 51.4 Å². The number of nitrogens with zero attached hydrogens (tertiary/aromatic N) is 5. The summed E-state index contributed by atoms with van der Waals surface area (Å²) in [5, 5.41) is 20.0. The summed E-state index contributed by atoms with van der Waals surface area (Å²) in [5.41, 5.74) is 0.728. The van der Waals surface area contributed by atoms with Crippen LogP contribution in [-0.4, -0.2) is 25.0 Å². The van der Waals surface area contributed by atoms with Crippen molar-refractivity contribution in [2.75, 3.05) is 0 Å². The number of rotatable bonds is 5. The number of halogens is 1. The second kappa shape index (κ2) is 6.99. The van der Waals surface area contributed by atoms with Crippen molar-refractivity contribution in [3.05, 3.63) is 52.7 Å². The molecule has 0 saturated carbocycles. The zero-order valence-electron chi connectivity index (χ0n) is 13.1. The van der Waals surface area contributed by atoms with E-state index in [0.29, 0.717) is 22.6 Å². The topological polar surface area (TPSA) is 69.6 Å². The molecular formula is C16H12ClN5OS2. The number of benzene rings is 1. The van der Waals surface area contributed by atoms with Crippen molar-refractivity contribution >= 4 is 34.7 Å². The molecule has 0 N–H and O–H groups in total. The van der Waals surface area contributed by atoms with E-state index < -0.39 is 0 Å². The molecule has 0 atom stereocenters. The third-order valence-electron chi connectivity index (χ3n) is 3.47. The largest absolute Gasteiger partial charge is 0.420 e. The summed E-state index contributed by atoms with van der Waals surface area (Å²) < 4.78 is 7.67. The molecule has 0 fully saturated rings. The Balaban J connectivity index is 1.49. The van der Waals surface area contributed by atoms with E-state index in [9.17, 15) is 0 Å². The molecule has 4 rings (SSSR count). The molecule has 0 radical (unpaired) electrons. The van der Waals surface area contributed by atoms with E-state index in [1.165, 1.54) is 11.8 Å². The first-order valence-corrected chi connectivity index (χ1v) is 9.60. The maximum atomic E-state index is 6.16. The zero-order valence-corrected chi connectivity index (χ0v) is 15.5. The number of aromatic nitrogens is 5. The molecule has 0 unspecified atom stereocenters. The molecule has 9 heteroatoms. The minimum absolute atomic E-state index is 0.415. The predicted octanol–water partition coefficient (Wildman–Crippen LogP) is 4.54. The van der Waals surface area contributed by atoms with Crippen LogP contribution < -0.4 is 0 Å². The highest BCUT2D eigenvalue weighted by molar-refractivity contribution is 7.98. The first-order valence-electron chi connectivity index (χ1n) is 7.35. The number of hydrogen-bond donors (Lipinski definition) is 0. The van der Waals surface area contributed by atoms with E-state index in [1.54, 1.807) is 17.4 Å². The maximum absolute atomic E-state index is 6.16. The lowest BCUT2D eigenvalue weighted by Crippen LogP contribution is -1.94. The van der Waals surface area contributed by atoms with Gasteiger partial charge in [-0.25, -0.2) is 0 Å². The van der Waals surface area contributed by atoms with Crippen molar-refractivity contribution in [1.29, 1.82) is 0 Å². The third kappa shape index (κ3) is 3.33. The minimum Gasteiger partial charge on any atom is -0.420 e. The van der Waals surface area contributed by atoms with Crippen molar-refractivity contribution in [2.24, 2.45) is 7.05 Å². The first kappa shape index (κ1) is 16.3. The van der Waals surface area contributed by atoms with Gasteiger partial charge in [0.1, 0.15) is 0 Å². The fraction of sp³-hybridized carbons (Fsp3) is 0.125. The fourth-order valence-electron chi connectivity index (χ4n) is 2.24. The maximum Gasteiger partial charge on any atom is 0.249 e. The van der Waals surface area contributed by atoms with Gasteiger partial charge in [-0.05, 0) is 23.6 Å². The molecule has 126 valence electrons. The zero-order chi connectivity index (χ0) is 17.2. The Morgan fingerprint density at radius 2 is 2.00 bits per heavy atom. The van der Waals surface area contributed by atoms with Crippen molar-refractivity contribution in [2.45, 2.75) is 10.9 Å². The second-order valence-corrected chi connectivity index (χ2v) is 7.41. The van der Waals surface area contributed by atoms with Crippen LogP contribution in [0.1, 0.15) is 5.89 Å². The summed E-state index contributed by atoms with van der Waals surface area (Å²) in [6.07, 6.45) is 0. The highest BCUT2D eigenvalue weighted by atomic mass is 35.5. The monoisotopic (exact) mass is 389 g/mol. The summed E-state index contributed by atoms with van der Waals surface area (Å²) >= 11 is 9.29. The molecule has 0 amide bonds. The van der Waals surface area contributed by atoms with E-state index in [0.717, 1.165) is 21.4 Å². The van der Waals surface area contributed by atoms with E-state index >= 15 is 0 Å². The van der Waals surface area contributed by atoms with Crippen molar-refractivity contribution in [1.82, 2.24) is 25.0 Å². The number of thiophene rings is 1. The molecule has 0 spiro atoms. The molecule has 0 saturated heterocycles. The van der Waals surface area contributed by atoms with Gasteiger partial charge in [0.2, 0.25) is 11.8 Å². The summed E-state index contributed by atoms with van der Waals surface area (Å²) in [4.78, 5) is 1.08. The lowest BCUT2D eigenvalue weighted by atomic mass is 10.2. The Labute approximate surface area is 156 Å². The Morgan fingerprint density at radius 1 is 1.12 bits per heavy atom. The molecular weight excluding hydrogens is 378 g/mol. The molecule has 0 aliphatic rings. The van der Waals surface area contributed by atoms with Crippen LogP contribution in [0.4, 0.5) is 0 Å². The lowest BCUT2D eigenvalue weighted by Gasteiger charge is -2.00. The standard InChI is InChI=1S/C16H12ClN5OS2/c1-22-14(12-7-4-8-24-12)19-21-16(22)25-9-13-18-20-15(23-13)10-5-2-3-6-11(10)17/h2-8H,9H2,1H3. The second-order valence-electron chi connectivity index (χ2n) is 5.11. The highest BCUT2D eigenvalue weighted by Gasteiger charge is 2.15. The minimum atomic E-state index is 0.415. The van der Waals surface area contributed by atoms with Crippen LogP contribution >= 0.6 is 34.7 Å². The predicted molar refractivity (Wildman–Crippen MR) is 98.6 cm³/mol. The molecule has 3 aromatic heterocycles. The fourth-order valence-corrected chi connectivity index (χ4v) is 3.95. The van der Waals surface area contributed by atoms with Crippen molar-refractivity contribution < 1.29 is 4.42 Å². The van der Waals surface area contributed by atoms with Gasteiger partial charge in [-0.3, -0.25) is 0 Å². The van der Waals surface area contributed by atoms with Crippen LogP contribution in [0, 0.1) is 0 Å². The van der Waals surface area contributed by atoms with Gasteiger partial charge in [0.05, 0.1) is 21.2 Å². The summed E-state index contributed by atoms with van der Waals surface area (Å²) in [5.74, 6) is 2.28. The van der Waals surface area contributed by atoms with E-state index in [2.05, 4.69) is 20.4 Å². The van der Waals surface area contributed by atoms with Gasteiger partial charge in [-0.2, -0.15) is 0 Å². The Hall–Kier alpha value is -2.16. The van der Waals surface area contributed by atoms with E-state index in [-0.39, 0.29) is 0 Å². The molecule has 6 nitrogen and oxygen atoms in total. The van der Waals surface area contributed by atoms with Gasteiger partial charge in [-0.1, -0.05) is 41.6 Å². The van der Waals surface area contributed by atoms with Gasteiger partial charge >= 0.3 is 0 Å². The van der Waals surface area contributed by atoms with Crippen LogP contribution in [-0.2, 0) is 12.8 Å². The lowest BCUT2D eigenvalue weighted by molar-refractivity contribution is 0.528. The van der Waals surface area contributed by atoms with Gasteiger partial charge in [-0.15, -0.1) is 31.7 Å². The van der Waals surface area contributed by atoms with Crippen LogP contribution in [0.5, 0.6) is 0 Å². The smallest absolute Gasteiger partial charge is 0.249 e. The average Bonchev–Trinajstić information content (AvgIpc) is 3.34. The Morgan fingerprint density at radius 3 is 2.80 bits per heavy atom. The van der Waals surface area contributed by atoms with Crippen LogP contribution in [0.2, 0.25) is 5.02 Å².